The molecule has 0 radical (unpaired) electrons. The zero-order chi connectivity index (χ0) is 44.7. The van der Waals surface area contributed by atoms with Gasteiger partial charge in [0, 0.05) is 19.3 Å². The molecule has 0 aromatic heterocycles. The van der Waals surface area contributed by atoms with Crippen LogP contribution in [0.1, 0.15) is 304 Å². The first-order valence-electron chi connectivity index (χ1n) is 27.2. The maximum absolute atomic E-state index is 12.8. The third-order valence-electron chi connectivity index (χ3n) is 12.5. The molecule has 6 nitrogen and oxygen atoms in total. The molecule has 0 amide bonds. The van der Waals surface area contributed by atoms with E-state index in [2.05, 4.69) is 34.6 Å². The Bertz CT molecular complexity index is 931. The third kappa shape index (κ3) is 49.3. The fourth-order valence-electron chi connectivity index (χ4n) is 8.34. The van der Waals surface area contributed by atoms with Crippen molar-refractivity contribution in [1.82, 2.24) is 0 Å². The first-order chi connectivity index (χ1) is 29.7. The summed E-state index contributed by atoms with van der Waals surface area (Å²) in [6, 6.07) is 0. The maximum atomic E-state index is 12.8. The van der Waals surface area contributed by atoms with Crippen LogP contribution in [0.4, 0.5) is 0 Å². The van der Waals surface area contributed by atoms with Crippen molar-refractivity contribution < 1.29 is 28.6 Å². The summed E-state index contributed by atoms with van der Waals surface area (Å²) in [5.74, 6) is 0.837. The van der Waals surface area contributed by atoms with Gasteiger partial charge in [0.15, 0.2) is 6.10 Å². The number of hydrogen-bond donors (Lipinski definition) is 0. The van der Waals surface area contributed by atoms with Crippen LogP contribution in [0.15, 0.2) is 0 Å². The van der Waals surface area contributed by atoms with Crippen LogP contribution in [-0.2, 0) is 28.6 Å². The number of ether oxygens (including phenoxy) is 3. The Labute approximate surface area is 380 Å². The minimum absolute atomic E-state index is 0.0632. The summed E-state index contributed by atoms with van der Waals surface area (Å²) < 4.78 is 16.8. The normalized spacial score (nSPS) is 12.0. The summed E-state index contributed by atoms with van der Waals surface area (Å²) >= 11 is 0. The second-order valence-corrected chi connectivity index (χ2v) is 19.8. The van der Waals surface area contributed by atoms with Crippen molar-refractivity contribution in [3.05, 3.63) is 0 Å². The van der Waals surface area contributed by atoms with Gasteiger partial charge in [-0.05, 0) is 31.1 Å². The standard InChI is InChI=1S/C55H106O6/c1-6-7-8-9-10-11-25-30-35-40-45-53(56)59-48-52(49-60-54(57)46-41-36-31-26-21-18-17-20-24-29-34-39-44-51(4)5)61-55(58)47-42-37-32-27-22-16-14-12-13-15-19-23-28-33-38-43-50(2)3/h50-52H,6-49H2,1-5H3/t52-/m0/s1. The van der Waals surface area contributed by atoms with Gasteiger partial charge >= 0.3 is 17.9 Å². The van der Waals surface area contributed by atoms with Gasteiger partial charge in [0.1, 0.15) is 13.2 Å². The fourth-order valence-corrected chi connectivity index (χ4v) is 8.34. The van der Waals surface area contributed by atoms with E-state index in [9.17, 15) is 14.4 Å². The second kappa shape index (κ2) is 47.9. The SMILES string of the molecule is CCCCCCCCCCCCC(=O)OC[C@@H](COC(=O)CCCCCCCCCCCCCCC(C)C)OC(=O)CCCCCCCCCCCCCCCCCC(C)C. The van der Waals surface area contributed by atoms with Crippen LogP contribution in [0.2, 0.25) is 0 Å². The molecule has 0 N–H and O–H groups in total. The highest BCUT2D eigenvalue weighted by Crippen LogP contribution is 2.18. The third-order valence-corrected chi connectivity index (χ3v) is 12.5. The first-order valence-corrected chi connectivity index (χ1v) is 27.2. The van der Waals surface area contributed by atoms with E-state index in [-0.39, 0.29) is 31.1 Å². The number of hydrogen-bond acceptors (Lipinski definition) is 6. The zero-order valence-corrected chi connectivity index (χ0v) is 41.8. The van der Waals surface area contributed by atoms with Crippen molar-refractivity contribution >= 4 is 17.9 Å². The molecule has 0 aromatic rings. The molecule has 0 spiro atoms. The van der Waals surface area contributed by atoms with Crippen LogP contribution in [0.5, 0.6) is 0 Å². The quantitative estimate of drug-likeness (QED) is 0.0344. The lowest BCUT2D eigenvalue weighted by Crippen LogP contribution is -2.30. The molecule has 0 aliphatic heterocycles. The van der Waals surface area contributed by atoms with Gasteiger partial charge in [0.25, 0.3) is 0 Å². The van der Waals surface area contributed by atoms with E-state index in [0.717, 1.165) is 69.6 Å². The molecular weight excluding hydrogens is 757 g/mol. The van der Waals surface area contributed by atoms with Crippen molar-refractivity contribution in [2.75, 3.05) is 13.2 Å². The van der Waals surface area contributed by atoms with Gasteiger partial charge in [0.05, 0.1) is 0 Å². The van der Waals surface area contributed by atoms with Crippen LogP contribution in [-0.4, -0.2) is 37.2 Å². The van der Waals surface area contributed by atoms with E-state index in [0.29, 0.717) is 19.3 Å². The Morgan fingerprint density at radius 3 is 0.803 bits per heavy atom. The van der Waals surface area contributed by atoms with E-state index in [4.69, 9.17) is 14.2 Å². The lowest BCUT2D eigenvalue weighted by atomic mass is 10.0. The molecule has 0 saturated carbocycles. The molecule has 0 aliphatic rings. The molecule has 0 heterocycles. The van der Waals surface area contributed by atoms with Crippen LogP contribution in [0, 0.1) is 11.8 Å². The molecule has 0 bridgehead atoms. The van der Waals surface area contributed by atoms with Gasteiger partial charge in [-0.1, -0.05) is 266 Å². The lowest BCUT2D eigenvalue weighted by Gasteiger charge is -2.18. The highest BCUT2D eigenvalue weighted by molar-refractivity contribution is 5.71. The minimum Gasteiger partial charge on any atom is -0.462 e. The van der Waals surface area contributed by atoms with E-state index >= 15 is 0 Å². The van der Waals surface area contributed by atoms with Crippen LogP contribution < -0.4 is 0 Å². The maximum Gasteiger partial charge on any atom is 0.306 e. The largest absolute Gasteiger partial charge is 0.462 e. The van der Waals surface area contributed by atoms with Gasteiger partial charge in [0.2, 0.25) is 0 Å². The predicted molar refractivity (Wildman–Crippen MR) is 261 cm³/mol. The van der Waals surface area contributed by atoms with Crippen molar-refractivity contribution in [2.45, 2.75) is 310 Å². The molecule has 1 atom stereocenters. The Morgan fingerprint density at radius 1 is 0.311 bits per heavy atom. The zero-order valence-electron chi connectivity index (χ0n) is 41.8. The first kappa shape index (κ1) is 59.4. The predicted octanol–water partition coefficient (Wildman–Crippen LogP) is 17.7. The van der Waals surface area contributed by atoms with Gasteiger partial charge in [-0.15, -0.1) is 0 Å². The monoisotopic (exact) mass is 863 g/mol. The molecule has 0 rings (SSSR count). The Hall–Kier alpha value is -1.59. The summed E-state index contributed by atoms with van der Waals surface area (Å²) in [4.78, 5) is 38.0. The smallest absolute Gasteiger partial charge is 0.306 e. The number of carbonyl (C=O) groups excluding carboxylic acids is 3. The summed E-state index contributed by atoms with van der Waals surface area (Å²) in [6.45, 7) is 11.4. The summed E-state index contributed by atoms with van der Waals surface area (Å²) in [7, 11) is 0. The average Bonchev–Trinajstić information content (AvgIpc) is 3.23. The van der Waals surface area contributed by atoms with Crippen molar-refractivity contribution in [2.24, 2.45) is 11.8 Å². The Morgan fingerprint density at radius 2 is 0.541 bits per heavy atom. The van der Waals surface area contributed by atoms with Gasteiger partial charge in [-0.2, -0.15) is 0 Å². The highest BCUT2D eigenvalue weighted by atomic mass is 16.6. The van der Waals surface area contributed by atoms with Gasteiger partial charge in [-0.25, -0.2) is 0 Å². The van der Waals surface area contributed by atoms with Crippen molar-refractivity contribution in [3.63, 3.8) is 0 Å². The molecule has 0 unspecified atom stereocenters. The fraction of sp³-hybridized carbons (Fsp3) is 0.945. The molecule has 61 heavy (non-hydrogen) atoms. The molecular formula is C55H106O6. The van der Waals surface area contributed by atoms with E-state index < -0.39 is 6.10 Å². The highest BCUT2D eigenvalue weighted by Gasteiger charge is 2.19. The minimum atomic E-state index is -0.761. The molecule has 362 valence electrons. The summed E-state index contributed by atoms with van der Waals surface area (Å²) in [5.41, 5.74) is 0. The Kier molecular flexibility index (Phi) is 46.6. The van der Waals surface area contributed by atoms with Crippen LogP contribution in [0.25, 0.3) is 0 Å². The van der Waals surface area contributed by atoms with Crippen molar-refractivity contribution in [3.8, 4) is 0 Å². The molecule has 6 heteroatoms. The summed E-state index contributed by atoms with van der Waals surface area (Å²) in [6.07, 6.45) is 49.5. The van der Waals surface area contributed by atoms with Gasteiger partial charge < -0.3 is 14.2 Å². The van der Waals surface area contributed by atoms with Crippen LogP contribution in [0.3, 0.4) is 0 Å². The number of rotatable bonds is 49. The van der Waals surface area contributed by atoms with E-state index in [1.165, 1.54) is 193 Å². The lowest BCUT2D eigenvalue weighted by molar-refractivity contribution is -0.167. The van der Waals surface area contributed by atoms with Crippen LogP contribution >= 0.6 is 0 Å². The topological polar surface area (TPSA) is 78.9 Å². The van der Waals surface area contributed by atoms with Gasteiger partial charge in [-0.3, -0.25) is 14.4 Å². The average molecular weight is 863 g/mol. The van der Waals surface area contributed by atoms with E-state index in [1.807, 2.05) is 0 Å². The second-order valence-electron chi connectivity index (χ2n) is 19.8. The molecule has 0 saturated heterocycles. The Balaban J connectivity index is 4.26. The van der Waals surface area contributed by atoms with E-state index in [1.54, 1.807) is 0 Å². The molecule has 0 aliphatic carbocycles. The van der Waals surface area contributed by atoms with Crippen molar-refractivity contribution in [1.29, 1.82) is 0 Å². The molecule has 0 aromatic carbocycles. The number of carbonyl (C=O) groups is 3. The summed E-state index contributed by atoms with van der Waals surface area (Å²) in [5, 5.41) is 0. The number of unbranched alkanes of at least 4 members (excludes halogenated alkanes) is 34. The molecule has 0 fully saturated rings. The number of esters is 3.